The lowest BCUT2D eigenvalue weighted by Gasteiger charge is -2.33. The number of halogens is 1. The number of nitrogens with two attached hydrogens (primary N) is 1. The minimum atomic E-state index is 0. The largest absolute Gasteiger partial charge is 0.376 e. The summed E-state index contributed by atoms with van der Waals surface area (Å²) in [5.74, 6) is 1.09. The summed E-state index contributed by atoms with van der Waals surface area (Å²) in [6.45, 7) is 10.5. The van der Waals surface area contributed by atoms with Gasteiger partial charge in [0.1, 0.15) is 0 Å². The smallest absolute Gasteiger partial charge is 0.188 e. The van der Waals surface area contributed by atoms with Crippen LogP contribution in [0.2, 0.25) is 0 Å². The summed E-state index contributed by atoms with van der Waals surface area (Å²) in [5, 5.41) is 3.17. The average Bonchev–Trinajstić information content (AvgIpc) is 2.99. The lowest BCUT2D eigenvalue weighted by Crippen LogP contribution is -2.46. The van der Waals surface area contributed by atoms with Crippen LogP contribution in [-0.4, -0.2) is 81.3 Å². The molecular weight excluding hydrogens is 393 g/mol. The molecular formula is C15H32IN5O. The molecule has 0 aromatic rings. The van der Waals surface area contributed by atoms with Crippen molar-refractivity contribution in [1.29, 1.82) is 0 Å². The topological polar surface area (TPSA) is 66.1 Å². The Labute approximate surface area is 151 Å². The van der Waals surface area contributed by atoms with Crippen LogP contribution in [0, 0.1) is 5.92 Å². The van der Waals surface area contributed by atoms with E-state index in [1.807, 2.05) is 0 Å². The van der Waals surface area contributed by atoms with Gasteiger partial charge in [-0.1, -0.05) is 6.92 Å². The van der Waals surface area contributed by atoms with Gasteiger partial charge in [0.05, 0.1) is 6.10 Å². The molecule has 2 fully saturated rings. The van der Waals surface area contributed by atoms with Crippen molar-refractivity contribution in [2.24, 2.45) is 16.6 Å². The Kier molecular flexibility index (Phi) is 9.62. The summed E-state index contributed by atoms with van der Waals surface area (Å²) in [7, 11) is 2.19. The Hall–Kier alpha value is -0.120. The van der Waals surface area contributed by atoms with Crippen LogP contribution in [0.25, 0.3) is 0 Å². The Bertz CT molecular complexity index is 328. The minimum absolute atomic E-state index is 0. The standard InChI is InChI=1S/C15H31N5O.HI/c1-13(12-20-7-5-19(2)6-8-20)10-17-15(16)18-11-14-4-3-9-21-14;/h13-14H,3-12H2,1-2H3,(H3,16,17,18);1H. The first-order valence-electron chi connectivity index (χ1n) is 8.20. The van der Waals surface area contributed by atoms with E-state index in [4.69, 9.17) is 10.5 Å². The number of nitrogens with zero attached hydrogens (tertiary/aromatic N) is 3. The van der Waals surface area contributed by atoms with E-state index >= 15 is 0 Å². The third-order valence-electron chi connectivity index (χ3n) is 4.27. The van der Waals surface area contributed by atoms with Crippen LogP contribution in [0.5, 0.6) is 0 Å². The third kappa shape index (κ3) is 7.43. The van der Waals surface area contributed by atoms with E-state index < -0.39 is 0 Å². The molecule has 0 bridgehead atoms. The third-order valence-corrected chi connectivity index (χ3v) is 4.27. The van der Waals surface area contributed by atoms with Crippen LogP contribution in [0.3, 0.4) is 0 Å². The molecule has 7 heteroatoms. The zero-order valence-electron chi connectivity index (χ0n) is 14.0. The Balaban J connectivity index is 0.00000242. The summed E-state index contributed by atoms with van der Waals surface area (Å²) < 4.78 is 5.55. The lowest BCUT2D eigenvalue weighted by atomic mass is 10.1. The molecule has 0 aromatic heterocycles. The van der Waals surface area contributed by atoms with Crippen LogP contribution in [0.1, 0.15) is 19.8 Å². The molecule has 3 N–H and O–H groups in total. The highest BCUT2D eigenvalue weighted by Crippen LogP contribution is 2.10. The molecule has 0 spiro atoms. The molecule has 2 saturated heterocycles. The number of guanidine groups is 1. The highest BCUT2D eigenvalue weighted by Gasteiger charge is 2.16. The minimum Gasteiger partial charge on any atom is -0.376 e. The van der Waals surface area contributed by atoms with Crippen molar-refractivity contribution >= 4 is 29.9 Å². The second-order valence-electron chi connectivity index (χ2n) is 6.45. The Morgan fingerprint density at radius 1 is 1.36 bits per heavy atom. The fourth-order valence-electron chi connectivity index (χ4n) is 2.86. The summed E-state index contributed by atoms with van der Waals surface area (Å²) in [6.07, 6.45) is 2.59. The number of likely N-dealkylation sites (N-methyl/N-ethyl adjacent to an activating group) is 1. The molecule has 22 heavy (non-hydrogen) atoms. The first-order valence-corrected chi connectivity index (χ1v) is 8.20. The molecule has 0 amide bonds. The van der Waals surface area contributed by atoms with Crippen molar-refractivity contribution in [2.75, 3.05) is 59.5 Å². The molecule has 0 aliphatic carbocycles. The molecule has 2 aliphatic heterocycles. The number of nitrogens with one attached hydrogen (secondary N) is 1. The maximum atomic E-state index is 5.91. The monoisotopic (exact) mass is 425 g/mol. The fraction of sp³-hybridized carbons (Fsp3) is 0.933. The number of ether oxygens (including phenoxy) is 1. The summed E-state index contributed by atoms with van der Waals surface area (Å²) in [4.78, 5) is 9.36. The number of piperazine rings is 1. The predicted octanol–water partition coefficient (Wildman–Crippen LogP) is 0.571. The van der Waals surface area contributed by atoms with Gasteiger partial charge in [-0.3, -0.25) is 4.99 Å². The van der Waals surface area contributed by atoms with Crippen molar-refractivity contribution in [1.82, 2.24) is 15.1 Å². The van der Waals surface area contributed by atoms with Gasteiger partial charge in [0, 0.05) is 52.4 Å². The highest BCUT2D eigenvalue weighted by atomic mass is 127. The van der Waals surface area contributed by atoms with Crippen LogP contribution >= 0.6 is 24.0 Å². The van der Waals surface area contributed by atoms with E-state index in [2.05, 4.69) is 34.1 Å². The summed E-state index contributed by atoms with van der Waals surface area (Å²) in [6, 6.07) is 0. The molecule has 2 aliphatic rings. The van der Waals surface area contributed by atoms with Gasteiger partial charge in [-0.2, -0.15) is 0 Å². The van der Waals surface area contributed by atoms with Crippen LogP contribution in [-0.2, 0) is 4.74 Å². The van der Waals surface area contributed by atoms with Crippen molar-refractivity contribution in [3.8, 4) is 0 Å². The van der Waals surface area contributed by atoms with Gasteiger partial charge < -0.3 is 25.6 Å². The average molecular weight is 425 g/mol. The van der Waals surface area contributed by atoms with Gasteiger partial charge in [0.25, 0.3) is 0 Å². The van der Waals surface area contributed by atoms with Crippen LogP contribution in [0.15, 0.2) is 4.99 Å². The molecule has 2 heterocycles. The maximum absolute atomic E-state index is 5.91. The zero-order valence-corrected chi connectivity index (χ0v) is 16.3. The van der Waals surface area contributed by atoms with E-state index in [-0.39, 0.29) is 24.0 Å². The molecule has 2 unspecified atom stereocenters. The molecule has 2 rings (SSSR count). The number of hydrogen-bond donors (Lipinski definition) is 2. The second kappa shape index (κ2) is 10.6. The van der Waals surface area contributed by atoms with Gasteiger partial charge in [-0.05, 0) is 25.8 Å². The molecule has 0 saturated carbocycles. The van der Waals surface area contributed by atoms with Crippen molar-refractivity contribution < 1.29 is 4.74 Å². The normalized spacial score (nSPS) is 25.7. The number of aliphatic imine (C=N–C) groups is 1. The van der Waals surface area contributed by atoms with E-state index in [1.54, 1.807) is 0 Å². The maximum Gasteiger partial charge on any atom is 0.188 e. The van der Waals surface area contributed by atoms with Crippen LogP contribution < -0.4 is 11.1 Å². The highest BCUT2D eigenvalue weighted by molar-refractivity contribution is 14.0. The number of hydrogen-bond acceptors (Lipinski definition) is 4. The van der Waals surface area contributed by atoms with Gasteiger partial charge in [0.15, 0.2) is 5.96 Å². The quantitative estimate of drug-likeness (QED) is 0.370. The Morgan fingerprint density at radius 3 is 2.73 bits per heavy atom. The molecule has 2 atom stereocenters. The van der Waals surface area contributed by atoms with E-state index in [9.17, 15) is 0 Å². The lowest BCUT2D eigenvalue weighted by molar-refractivity contribution is 0.114. The van der Waals surface area contributed by atoms with E-state index in [0.717, 1.165) is 52.2 Å². The van der Waals surface area contributed by atoms with Crippen molar-refractivity contribution in [2.45, 2.75) is 25.9 Å². The van der Waals surface area contributed by atoms with E-state index in [1.165, 1.54) is 13.1 Å². The van der Waals surface area contributed by atoms with E-state index in [0.29, 0.717) is 18.0 Å². The molecule has 130 valence electrons. The predicted molar refractivity (Wildman–Crippen MR) is 102 cm³/mol. The summed E-state index contributed by atoms with van der Waals surface area (Å²) in [5.41, 5.74) is 5.91. The first kappa shape index (κ1) is 19.9. The second-order valence-corrected chi connectivity index (χ2v) is 6.45. The van der Waals surface area contributed by atoms with Gasteiger partial charge >= 0.3 is 0 Å². The SMILES string of the molecule is CC(CN=C(N)NCC1CCCO1)CN1CCN(C)CC1.I. The van der Waals surface area contributed by atoms with Crippen molar-refractivity contribution in [3.05, 3.63) is 0 Å². The zero-order chi connectivity index (χ0) is 15.1. The number of rotatable bonds is 6. The van der Waals surface area contributed by atoms with Crippen LogP contribution in [0.4, 0.5) is 0 Å². The van der Waals surface area contributed by atoms with Gasteiger partial charge in [-0.15, -0.1) is 24.0 Å². The van der Waals surface area contributed by atoms with Gasteiger partial charge in [0.2, 0.25) is 0 Å². The molecule has 0 aromatic carbocycles. The van der Waals surface area contributed by atoms with Gasteiger partial charge in [-0.25, -0.2) is 0 Å². The fourth-order valence-corrected chi connectivity index (χ4v) is 2.86. The summed E-state index contributed by atoms with van der Waals surface area (Å²) >= 11 is 0. The first-order chi connectivity index (χ1) is 10.1. The molecule has 0 radical (unpaired) electrons. The van der Waals surface area contributed by atoms with Crippen molar-refractivity contribution in [3.63, 3.8) is 0 Å². The molecule has 6 nitrogen and oxygen atoms in total. The Morgan fingerprint density at radius 2 is 2.09 bits per heavy atom.